The van der Waals surface area contributed by atoms with Crippen molar-refractivity contribution < 1.29 is 36.2 Å². The molecule has 0 spiro atoms. The number of methoxy groups -OCH3 is 1. The first-order valence-electron chi connectivity index (χ1n) is 15.3. The molecule has 0 amide bonds. The van der Waals surface area contributed by atoms with Gasteiger partial charge in [-0.3, -0.25) is 0 Å². The van der Waals surface area contributed by atoms with E-state index in [0.29, 0.717) is 23.4 Å². The minimum absolute atomic E-state index is 0.00348. The second kappa shape index (κ2) is 12.9. The Morgan fingerprint density at radius 3 is 2.40 bits per heavy atom. The Morgan fingerprint density at radius 1 is 0.979 bits per heavy atom. The van der Waals surface area contributed by atoms with Crippen LogP contribution in [0.1, 0.15) is 35.7 Å². The number of benzene rings is 1. The van der Waals surface area contributed by atoms with Crippen molar-refractivity contribution in [2.24, 2.45) is 7.05 Å². The van der Waals surface area contributed by atoms with Gasteiger partial charge in [-0.05, 0) is 36.6 Å². The van der Waals surface area contributed by atoms with E-state index in [1.165, 1.54) is 43.4 Å². The fourth-order valence-corrected chi connectivity index (χ4v) is 5.98. The molecule has 0 atom stereocenters. The third kappa shape index (κ3) is 7.04. The van der Waals surface area contributed by atoms with E-state index in [1.807, 2.05) is 0 Å². The van der Waals surface area contributed by atoms with Crippen molar-refractivity contribution in [3.8, 4) is 34.5 Å². The van der Waals surface area contributed by atoms with Gasteiger partial charge < -0.3 is 23.3 Å². The van der Waals surface area contributed by atoms with E-state index < -0.39 is 31.6 Å². The Morgan fingerprint density at radius 2 is 1.75 bits per heavy atom. The Kier molecular flexibility index (Phi) is 8.97. The lowest BCUT2D eigenvalue weighted by molar-refractivity contribution is -0.140. The van der Waals surface area contributed by atoms with Crippen LogP contribution in [0.4, 0.5) is 22.0 Å². The van der Waals surface area contributed by atoms with Crippen LogP contribution in [-0.2, 0) is 31.3 Å². The first-order valence-corrected chi connectivity index (χ1v) is 19.0. The van der Waals surface area contributed by atoms with Gasteiger partial charge in [-0.1, -0.05) is 25.7 Å². The number of alkyl halides is 3. The van der Waals surface area contributed by atoms with E-state index in [-0.39, 0.29) is 59.3 Å². The molecule has 0 unspecified atom stereocenters. The number of hydrogen-bond acceptors (Lipinski definition) is 8. The molecule has 1 saturated carbocycles. The van der Waals surface area contributed by atoms with E-state index in [0.717, 1.165) is 35.7 Å². The van der Waals surface area contributed by atoms with E-state index in [1.54, 1.807) is 0 Å². The van der Waals surface area contributed by atoms with Gasteiger partial charge in [-0.25, -0.2) is 28.7 Å². The summed E-state index contributed by atoms with van der Waals surface area (Å²) in [7, 11) is 1.44. The third-order valence-electron chi connectivity index (χ3n) is 7.90. The van der Waals surface area contributed by atoms with Gasteiger partial charge in [-0.15, -0.1) is 0 Å². The molecule has 0 radical (unpaired) electrons. The van der Waals surface area contributed by atoms with Crippen LogP contribution < -0.4 is 9.47 Å². The topological polar surface area (TPSA) is 102 Å². The lowest BCUT2D eigenvalue weighted by Gasteiger charge is -2.16. The van der Waals surface area contributed by atoms with Gasteiger partial charge in [0.05, 0.1) is 18.4 Å². The SMILES string of the molecule is COc1ncnc(C2CC2)c1-c1nc(OCc2ccc(-c3nc(C(F)(F)F)cn3C)c(F)c2)c2c(n1)c(F)cn2COCC[Si](C)(C)C. The largest absolute Gasteiger partial charge is 0.480 e. The Hall–Kier alpha value is -4.44. The molecule has 0 N–H and O–H groups in total. The molecule has 1 aromatic carbocycles. The molecule has 1 fully saturated rings. The van der Waals surface area contributed by atoms with Gasteiger partial charge in [0.15, 0.2) is 17.3 Å². The van der Waals surface area contributed by atoms with Crippen molar-refractivity contribution in [1.82, 2.24) is 34.1 Å². The van der Waals surface area contributed by atoms with Crippen LogP contribution in [0.25, 0.3) is 33.8 Å². The minimum Gasteiger partial charge on any atom is -0.480 e. The van der Waals surface area contributed by atoms with E-state index >= 15 is 8.78 Å². The van der Waals surface area contributed by atoms with Crippen molar-refractivity contribution in [3.63, 3.8) is 0 Å². The van der Waals surface area contributed by atoms with Gasteiger partial charge in [-0.2, -0.15) is 18.2 Å². The van der Waals surface area contributed by atoms with Crippen molar-refractivity contribution >= 4 is 19.1 Å². The molecule has 254 valence electrons. The van der Waals surface area contributed by atoms with Crippen LogP contribution in [0, 0.1) is 11.6 Å². The second-order valence-corrected chi connectivity index (χ2v) is 18.5. The highest BCUT2D eigenvalue weighted by Gasteiger charge is 2.35. The Labute approximate surface area is 274 Å². The summed E-state index contributed by atoms with van der Waals surface area (Å²) in [5.41, 5.74) is 0.433. The average molecular weight is 688 g/mol. The molecule has 1 aliphatic carbocycles. The second-order valence-electron chi connectivity index (χ2n) is 12.9. The van der Waals surface area contributed by atoms with Crippen LogP contribution >= 0.6 is 0 Å². The highest BCUT2D eigenvalue weighted by Crippen LogP contribution is 2.45. The maximum atomic E-state index is 15.6. The molecule has 4 aromatic heterocycles. The molecule has 1 aliphatic rings. The van der Waals surface area contributed by atoms with Gasteiger partial charge in [0.2, 0.25) is 11.8 Å². The first-order chi connectivity index (χ1) is 22.7. The maximum absolute atomic E-state index is 15.6. The van der Waals surface area contributed by atoms with E-state index in [2.05, 4.69) is 44.6 Å². The zero-order chi connectivity index (χ0) is 34.4. The zero-order valence-electron chi connectivity index (χ0n) is 27.0. The lowest BCUT2D eigenvalue weighted by Crippen LogP contribution is -2.22. The number of fused-ring (bicyclic) bond motifs is 1. The van der Waals surface area contributed by atoms with Gasteiger partial charge >= 0.3 is 6.18 Å². The normalized spacial score (nSPS) is 13.8. The van der Waals surface area contributed by atoms with E-state index in [4.69, 9.17) is 14.2 Å². The van der Waals surface area contributed by atoms with Crippen molar-refractivity contribution in [3.05, 3.63) is 65.5 Å². The lowest BCUT2D eigenvalue weighted by atomic mass is 10.1. The smallest absolute Gasteiger partial charge is 0.434 e. The van der Waals surface area contributed by atoms with Crippen LogP contribution in [0.5, 0.6) is 11.8 Å². The van der Waals surface area contributed by atoms with E-state index in [9.17, 15) is 13.2 Å². The fraction of sp³-hybridized carbons (Fsp3) is 0.406. The number of aromatic nitrogens is 7. The predicted molar refractivity (Wildman–Crippen MR) is 169 cm³/mol. The number of aryl methyl sites for hydroxylation is 1. The van der Waals surface area contributed by atoms with Crippen LogP contribution in [-0.4, -0.2) is 55.8 Å². The number of halogens is 5. The number of imidazole rings is 1. The highest BCUT2D eigenvalue weighted by atomic mass is 28.3. The number of hydrogen-bond donors (Lipinski definition) is 0. The summed E-state index contributed by atoms with van der Waals surface area (Å²) < 4.78 is 90.7. The molecule has 0 bridgehead atoms. The van der Waals surface area contributed by atoms with Gasteiger partial charge in [0, 0.05) is 40.0 Å². The van der Waals surface area contributed by atoms with Crippen LogP contribution in [0.3, 0.4) is 0 Å². The highest BCUT2D eigenvalue weighted by molar-refractivity contribution is 6.76. The molecular weight excluding hydrogens is 653 g/mol. The molecule has 16 heteroatoms. The van der Waals surface area contributed by atoms with Crippen molar-refractivity contribution in [2.45, 2.75) is 64.0 Å². The summed E-state index contributed by atoms with van der Waals surface area (Å²) in [6, 6.07) is 4.90. The summed E-state index contributed by atoms with van der Waals surface area (Å²) in [6.45, 7) is 6.98. The number of nitrogens with zero attached hydrogens (tertiary/aromatic N) is 7. The van der Waals surface area contributed by atoms with Crippen molar-refractivity contribution in [1.29, 1.82) is 0 Å². The van der Waals surface area contributed by atoms with Crippen molar-refractivity contribution in [2.75, 3.05) is 13.7 Å². The molecule has 10 nitrogen and oxygen atoms in total. The summed E-state index contributed by atoms with van der Waals surface area (Å²) in [6.07, 6.45) is 0.614. The van der Waals surface area contributed by atoms with Gasteiger partial charge in [0.1, 0.15) is 47.9 Å². The van der Waals surface area contributed by atoms with Crippen LogP contribution in [0.15, 0.2) is 36.9 Å². The minimum atomic E-state index is -4.67. The summed E-state index contributed by atoms with van der Waals surface area (Å²) >= 11 is 0. The molecule has 5 aromatic rings. The third-order valence-corrected chi connectivity index (χ3v) is 9.61. The standard InChI is InChI=1S/C32H34F5N7O3Si/c1-43-14-23(32(35,36)37)40-29(43)20-9-6-18(12-21(20)33)15-47-31-27-26(22(34)13-44(27)17-46-10-11-48(3,4)5)41-28(42-31)24-25(19-7-8-19)38-16-39-30(24)45-2/h6,9,12-14,16,19H,7-8,10-11,15,17H2,1-5H3. The molecular formula is C32H34F5N7O3Si. The average Bonchev–Trinajstić information content (AvgIpc) is 3.72. The predicted octanol–water partition coefficient (Wildman–Crippen LogP) is 7.36. The monoisotopic (exact) mass is 687 g/mol. The fourth-order valence-electron chi connectivity index (χ4n) is 5.23. The zero-order valence-corrected chi connectivity index (χ0v) is 28.0. The molecule has 0 aliphatic heterocycles. The number of rotatable bonds is 12. The molecule has 0 saturated heterocycles. The Balaban J connectivity index is 1.36. The molecule has 48 heavy (non-hydrogen) atoms. The molecule has 6 rings (SSSR count). The summed E-state index contributed by atoms with van der Waals surface area (Å²) in [4.78, 5) is 21.5. The first kappa shape index (κ1) is 33.5. The number of ether oxygens (including phenoxy) is 3. The van der Waals surface area contributed by atoms with Gasteiger partial charge in [0.25, 0.3) is 0 Å². The van der Waals surface area contributed by atoms with Crippen LogP contribution in [0.2, 0.25) is 25.7 Å². The summed E-state index contributed by atoms with van der Waals surface area (Å²) in [5, 5.41) is 0. The Bertz CT molecular complexity index is 1970. The molecule has 4 heterocycles. The quantitative estimate of drug-likeness (QED) is 0.0762. The summed E-state index contributed by atoms with van der Waals surface area (Å²) in [5.74, 6) is -1.11. The maximum Gasteiger partial charge on any atom is 0.434 e.